The zero-order valence-corrected chi connectivity index (χ0v) is 10.9. The Labute approximate surface area is 114 Å². The van der Waals surface area contributed by atoms with Crippen molar-refractivity contribution in [2.45, 2.75) is 0 Å². The average molecular weight is 267 g/mol. The van der Waals surface area contributed by atoms with E-state index in [0.717, 1.165) is 5.56 Å². The van der Waals surface area contributed by atoms with Gasteiger partial charge in [0.25, 0.3) is 5.56 Å². The molecule has 6 heteroatoms. The van der Waals surface area contributed by atoms with Crippen LogP contribution in [0.4, 0.5) is 5.69 Å². The van der Waals surface area contributed by atoms with E-state index in [1.807, 2.05) is 30.3 Å². The summed E-state index contributed by atoms with van der Waals surface area (Å²) in [6.45, 7) is 0. The van der Waals surface area contributed by atoms with E-state index in [-0.39, 0.29) is 11.2 Å². The van der Waals surface area contributed by atoms with Crippen molar-refractivity contribution in [3.8, 4) is 22.5 Å². The largest absolute Gasteiger partial charge is 0.394 e. The van der Waals surface area contributed by atoms with Crippen LogP contribution in [0, 0.1) is 0 Å². The molecule has 1 aromatic carbocycles. The molecule has 2 aromatic heterocycles. The molecule has 0 spiro atoms. The van der Waals surface area contributed by atoms with Crippen LogP contribution < -0.4 is 11.3 Å². The van der Waals surface area contributed by atoms with Crippen LogP contribution in [-0.4, -0.2) is 20.0 Å². The van der Waals surface area contributed by atoms with Crippen LogP contribution >= 0.6 is 0 Å². The third-order valence-electron chi connectivity index (χ3n) is 3.10. The van der Waals surface area contributed by atoms with Gasteiger partial charge in [-0.05, 0) is 6.07 Å². The topological polar surface area (TPSA) is 89.6 Å². The van der Waals surface area contributed by atoms with Gasteiger partial charge in [0, 0.05) is 18.8 Å². The molecule has 100 valence electrons. The minimum atomic E-state index is -0.325. The van der Waals surface area contributed by atoms with E-state index in [4.69, 9.17) is 5.73 Å². The van der Waals surface area contributed by atoms with Gasteiger partial charge >= 0.3 is 0 Å². The second-order valence-electron chi connectivity index (χ2n) is 4.40. The van der Waals surface area contributed by atoms with Gasteiger partial charge in [0.05, 0.1) is 11.3 Å². The molecular formula is C14H13N5O. The molecule has 3 aromatic rings. The third-order valence-corrected chi connectivity index (χ3v) is 3.10. The molecule has 0 aliphatic heterocycles. The van der Waals surface area contributed by atoms with Crippen LogP contribution in [0.15, 0.2) is 47.4 Å². The van der Waals surface area contributed by atoms with Crippen LogP contribution in [-0.2, 0) is 7.05 Å². The number of aromatic nitrogens is 4. The fourth-order valence-corrected chi connectivity index (χ4v) is 2.12. The van der Waals surface area contributed by atoms with E-state index in [1.54, 1.807) is 19.3 Å². The molecule has 0 aliphatic carbocycles. The van der Waals surface area contributed by atoms with Gasteiger partial charge in [-0.1, -0.05) is 30.3 Å². The summed E-state index contributed by atoms with van der Waals surface area (Å²) in [7, 11) is 1.59. The van der Waals surface area contributed by atoms with Crippen molar-refractivity contribution in [3.63, 3.8) is 0 Å². The maximum absolute atomic E-state index is 12.0. The van der Waals surface area contributed by atoms with E-state index >= 15 is 0 Å². The fraction of sp³-hybridized carbons (Fsp3) is 0.0714. The van der Waals surface area contributed by atoms with Crippen molar-refractivity contribution < 1.29 is 0 Å². The Morgan fingerprint density at radius 1 is 1.20 bits per heavy atom. The smallest absolute Gasteiger partial charge is 0.290 e. The van der Waals surface area contributed by atoms with Crippen molar-refractivity contribution in [1.29, 1.82) is 0 Å². The number of nitrogens with zero attached hydrogens (tertiary/aromatic N) is 3. The van der Waals surface area contributed by atoms with Crippen molar-refractivity contribution >= 4 is 5.69 Å². The number of hydrogen-bond acceptors (Lipinski definition) is 4. The number of anilines is 1. The molecular weight excluding hydrogens is 254 g/mol. The number of aryl methyl sites for hydroxylation is 1. The Hall–Kier alpha value is -2.89. The second kappa shape index (κ2) is 4.65. The average Bonchev–Trinajstić information content (AvgIpc) is 2.99. The van der Waals surface area contributed by atoms with E-state index in [1.165, 1.54) is 4.68 Å². The maximum Gasteiger partial charge on any atom is 0.290 e. The number of benzene rings is 1. The van der Waals surface area contributed by atoms with Gasteiger partial charge in [0.2, 0.25) is 0 Å². The quantitative estimate of drug-likeness (QED) is 0.734. The fourth-order valence-electron chi connectivity index (χ4n) is 2.12. The molecule has 3 N–H and O–H groups in total. The summed E-state index contributed by atoms with van der Waals surface area (Å²) in [5.74, 6) is 0. The second-order valence-corrected chi connectivity index (χ2v) is 4.40. The molecule has 3 rings (SSSR count). The lowest BCUT2D eigenvalue weighted by atomic mass is 10.0. The number of H-pyrrole nitrogens is 1. The Morgan fingerprint density at radius 2 is 1.95 bits per heavy atom. The highest BCUT2D eigenvalue weighted by atomic mass is 16.1. The first-order valence-electron chi connectivity index (χ1n) is 6.10. The molecule has 0 radical (unpaired) electrons. The molecule has 0 amide bonds. The van der Waals surface area contributed by atoms with Crippen molar-refractivity contribution in [2.75, 3.05) is 5.73 Å². The lowest BCUT2D eigenvalue weighted by Gasteiger charge is -2.11. The SMILES string of the molecule is Cn1nc(-c2ccccc2)c(-c2ccn[nH]2)c(N)c1=O. The van der Waals surface area contributed by atoms with E-state index in [9.17, 15) is 4.79 Å². The summed E-state index contributed by atoms with van der Waals surface area (Å²) >= 11 is 0. The Morgan fingerprint density at radius 3 is 2.60 bits per heavy atom. The minimum absolute atomic E-state index is 0.158. The van der Waals surface area contributed by atoms with Crippen LogP contribution in [0.2, 0.25) is 0 Å². The van der Waals surface area contributed by atoms with E-state index < -0.39 is 0 Å². The first-order chi connectivity index (χ1) is 9.68. The highest BCUT2D eigenvalue weighted by Gasteiger charge is 2.17. The van der Waals surface area contributed by atoms with Gasteiger partial charge in [-0.2, -0.15) is 10.2 Å². The van der Waals surface area contributed by atoms with Crippen LogP contribution in [0.5, 0.6) is 0 Å². The first kappa shape index (κ1) is 12.2. The molecule has 0 saturated heterocycles. The standard InChI is InChI=1S/C14H13N5O/c1-19-14(20)12(15)11(10-7-8-16-17-10)13(18-19)9-5-3-2-4-6-9/h2-8H,15H2,1H3,(H,16,17). The molecule has 0 unspecified atom stereocenters. The van der Waals surface area contributed by atoms with Gasteiger partial charge in [-0.25, -0.2) is 4.68 Å². The molecule has 2 heterocycles. The lowest BCUT2D eigenvalue weighted by Crippen LogP contribution is -2.24. The summed E-state index contributed by atoms with van der Waals surface area (Å²) < 4.78 is 1.25. The molecule has 0 aliphatic rings. The molecule has 20 heavy (non-hydrogen) atoms. The normalized spacial score (nSPS) is 10.7. The maximum atomic E-state index is 12.0. The monoisotopic (exact) mass is 267 g/mol. The van der Waals surface area contributed by atoms with Gasteiger partial charge in [-0.3, -0.25) is 9.89 Å². The minimum Gasteiger partial charge on any atom is -0.394 e. The van der Waals surface area contributed by atoms with Crippen molar-refractivity contribution in [1.82, 2.24) is 20.0 Å². The molecule has 0 bridgehead atoms. The zero-order valence-electron chi connectivity index (χ0n) is 10.9. The summed E-state index contributed by atoms with van der Waals surface area (Å²) in [4.78, 5) is 12.0. The predicted octanol–water partition coefficient (Wildman–Crippen LogP) is 1.42. The van der Waals surface area contributed by atoms with Gasteiger partial charge in [0.15, 0.2) is 0 Å². The molecule has 0 saturated carbocycles. The van der Waals surface area contributed by atoms with Crippen molar-refractivity contribution in [3.05, 3.63) is 52.9 Å². The molecule has 0 atom stereocenters. The number of nitrogen functional groups attached to an aromatic ring is 1. The summed E-state index contributed by atoms with van der Waals surface area (Å²) in [6, 6.07) is 11.4. The number of rotatable bonds is 2. The zero-order chi connectivity index (χ0) is 14.1. The summed E-state index contributed by atoms with van der Waals surface area (Å²) in [6.07, 6.45) is 1.61. The Balaban J connectivity index is 2.37. The van der Waals surface area contributed by atoms with Crippen molar-refractivity contribution in [2.24, 2.45) is 7.05 Å². The predicted molar refractivity (Wildman–Crippen MR) is 76.9 cm³/mol. The Kier molecular flexibility index (Phi) is 2.83. The molecule has 0 fully saturated rings. The summed E-state index contributed by atoms with van der Waals surface area (Å²) in [5, 5.41) is 11.1. The Bertz CT molecular complexity index is 790. The van der Waals surface area contributed by atoms with E-state index in [0.29, 0.717) is 17.0 Å². The van der Waals surface area contributed by atoms with Crippen LogP contribution in [0.25, 0.3) is 22.5 Å². The summed E-state index contributed by atoms with van der Waals surface area (Å²) in [5.41, 5.74) is 8.61. The third kappa shape index (κ3) is 1.87. The van der Waals surface area contributed by atoms with Crippen LogP contribution in [0.3, 0.4) is 0 Å². The highest BCUT2D eigenvalue weighted by Crippen LogP contribution is 2.31. The number of aromatic amines is 1. The number of nitrogens with one attached hydrogen (secondary N) is 1. The first-order valence-corrected chi connectivity index (χ1v) is 6.10. The van der Waals surface area contributed by atoms with Gasteiger partial charge in [-0.15, -0.1) is 0 Å². The number of hydrogen-bond donors (Lipinski definition) is 2. The highest BCUT2D eigenvalue weighted by molar-refractivity contribution is 5.86. The molecule has 6 nitrogen and oxygen atoms in total. The van der Waals surface area contributed by atoms with E-state index in [2.05, 4.69) is 15.3 Å². The number of nitrogens with two attached hydrogens (primary N) is 1. The van der Waals surface area contributed by atoms with Gasteiger partial charge in [0.1, 0.15) is 11.4 Å². The van der Waals surface area contributed by atoms with Gasteiger partial charge < -0.3 is 5.73 Å². The lowest BCUT2D eigenvalue weighted by molar-refractivity contribution is 0.716. The van der Waals surface area contributed by atoms with Crippen LogP contribution in [0.1, 0.15) is 0 Å².